The van der Waals surface area contributed by atoms with E-state index in [1.54, 1.807) is 14.0 Å². The molecule has 1 heterocycles. The van der Waals surface area contributed by atoms with Gasteiger partial charge in [-0.3, -0.25) is 9.78 Å². The van der Waals surface area contributed by atoms with E-state index in [-0.39, 0.29) is 18.1 Å². The Morgan fingerprint density at radius 2 is 2.35 bits per heavy atom. The zero-order valence-electron chi connectivity index (χ0n) is 10.0. The van der Waals surface area contributed by atoms with E-state index in [1.807, 2.05) is 0 Å². The molecule has 0 spiro atoms. The summed E-state index contributed by atoms with van der Waals surface area (Å²) in [6.45, 7) is 2.22. The third kappa shape index (κ3) is 4.88. The molecule has 0 saturated carbocycles. The summed E-state index contributed by atoms with van der Waals surface area (Å²) in [7, 11) is 1.56. The number of carbonyl (C=O) groups is 1. The third-order valence-electron chi connectivity index (χ3n) is 2.27. The number of rotatable bonds is 6. The molecule has 0 radical (unpaired) electrons. The second kappa shape index (κ2) is 6.27. The molecule has 94 valence electrons. The minimum atomic E-state index is -0.992. The second-order valence-electron chi connectivity index (χ2n) is 4.01. The van der Waals surface area contributed by atoms with E-state index in [2.05, 4.69) is 15.3 Å². The minimum Gasteiger partial charge on any atom is -0.388 e. The highest BCUT2D eigenvalue weighted by Gasteiger charge is 2.21. The topological polar surface area (TPSA) is 84.3 Å². The van der Waals surface area contributed by atoms with Gasteiger partial charge in [0.05, 0.1) is 11.8 Å². The van der Waals surface area contributed by atoms with E-state index >= 15 is 0 Å². The van der Waals surface area contributed by atoms with E-state index in [4.69, 9.17) is 4.74 Å². The standard InChI is InChI=1S/C11H17N3O3/c1-11(16,3-6-17-2)8-14-10(15)9-7-12-4-5-13-9/h4-5,7,16H,3,6,8H2,1-2H3,(H,14,15). The quantitative estimate of drug-likeness (QED) is 0.729. The fraction of sp³-hybridized carbons (Fsp3) is 0.545. The number of nitrogens with zero attached hydrogens (tertiary/aromatic N) is 2. The van der Waals surface area contributed by atoms with Crippen LogP contribution in [-0.2, 0) is 4.74 Å². The van der Waals surface area contributed by atoms with E-state index in [0.717, 1.165) is 0 Å². The van der Waals surface area contributed by atoms with Crippen LogP contribution in [0.25, 0.3) is 0 Å². The highest BCUT2D eigenvalue weighted by Crippen LogP contribution is 2.07. The van der Waals surface area contributed by atoms with E-state index in [1.165, 1.54) is 18.6 Å². The van der Waals surface area contributed by atoms with Crippen LogP contribution in [0.2, 0.25) is 0 Å². The van der Waals surface area contributed by atoms with Gasteiger partial charge in [-0.2, -0.15) is 0 Å². The number of ether oxygens (including phenoxy) is 1. The number of methoxy groups -OCH3 is 1. The molecule has 1 atom stereocenters. The molecule has 1 rings (SSSR count). The number of hydrogen-bond acceptors (Lipinski definition) is 5. The SMILES string of the molecule is COCCC(C)(O)CNC(=O)c1cnccn1. The van der Waals surface area contributed by atoms with Crippen molar-refractivity contribution in [2.75, 3.05) is 20.3 Å². The Hall–Kier alpha value is -1.53. The molecule has 0 fully saturated rings. The van der Waals surface area contributed by atoms with E-state index in [0.29, 0.717) is 13.0 Å². The molecular formula is C11H17N3O3. The first kappa shape index (κ1) is 13.5. The Balaban J connectivity index is 2.43. The van der Waals surface area contributed by atoms with Gasteiger partial charge in [-0.25, -0.2) is 4.98 Å². The van der Waals surface area contributed by atoms with Gasteiger partial charge in [-0.1, -0.05) is 0 Å². The summed E-state index contributed by atoms with van der Waals surface area (Å²) in [4.78, 5) is 19.3. The van der Waals surface area contributed by atoms with Gasteiger partial charge in [0, 0.05) is 39.1 Å². The molecular weight excluding hydrogens is 222 g/mol. The molecule has 1 aromatic rings. The number of aromatic nitrogens is 2. The molecule has 6 heteroatoms. The summed E-state index contributed by atoms with van der Waals surface area (Å²) in [6, 6.07) is 0. The highest BCUT2D eigenvalue weighted by atomic mass is 16.5. The Morgan fingerprint density at radius 3 is 2.94 bits per heavy atom. The number of nitrogens with one attached hydrogen (secondary N) is 1. The van der Waals surface area contributed by atoms with Crippen LogP contribution in [-0.4, -0.2) is 46.8 Å². The smallest absolute Gasteiger partial charge is 0.271 e. The molecule has 0 saturated heterocycles. The number of hydrogen-bond donors (Lipinski definition) is 2. The van der Waals surface area contributed by atoms with Crippen molar-refractivity contribution in [3.05, 3.63) is 24.3 Å². The van der Waals surface area contributed by atoms with Gasteiger partial charge >= 0.3 is 0 Å². The lowest BCUT2D eigenvalue weighted by atomic mass is 10.0. The molecule has 0 aliphatic rings. The monoisotopic (exact) mass is 239 g/mol. The summed E-state index contributed by atoms with van der Waals surface area (Å²) in [5, 5.41) is 12.5. The third-order valence-corrected chi connectivity index (χ3v) is 2.27. The normalized spacial score (nSPS) is 14.1. The van der Waals surface area contributed by atoms with Gasteiger partial charge in [0.1, 0.15) is 5.69 Å². The summed E-state index contributed by atoms with van der Waals surface area (Å²) in [5.41, 5.74) is -0.761. The number of amides is 1. The summed E-state index contributed by atoms with van der Waals surface area (Å²) in [6.07, 6.45) is 4.76. The lowest BCUT2D eigenvalue weighted by molar-refractivity contribution is 0.0243. The summed E-state index contributed by atoms with van der Waals surface area (Å²) < 4.78 is 4.87. The van der Waals surface area contributed by atoms with Crippen LogP contribution in [0.1, 0.15) is 23.8 Å². The van der Waals surface area contributed by atoms with Crippen LogP contribution < -0.4 is 5.32 Å². The van der Waals surface area contributed by atoms with Crippen molar-refractivity contribution in [2.24, 2.45) is 0 Å². The first-order valence-electron chi connectivity index (χ1n) is 5.31. The van der Waals surface area contributed by atoms with Crippen LogP contribution in [0, 0.1) is 0 Å². The summed E-state index contributed by atoms with van der Waals surface area (Å²) >= 11 is 0. The van der Waals surface area contributed by atoms with Gasteiger partial charge in [0.2, 0.25) is 0 Å². The molecule has 0 bridgehead atoms. The summed E-state index contributed by atoms with van der Waals surface area (Å²) in [5.74, 6) is -0.351. The maximum absolute atomic E-state index is 11.6. The molecule has 0 aliphatic heterocycles. The number of aliphatic hydroxyl groups is 1. The Bertz CT molecular complexity index is 354. The predicted octanol–water partition coefficient (Wildman–Crippen LogP) is -0.00610. The maximum Gasteiger partial charge on any atom is 0.271 e. The molecule has 6 nitrogen and oxygen atoms in total. The molecule has 1 aromatic heterocycles. The molecule has 0 aromatic carbocycles. The predicted molar refractivity (Wildman–Crippen MR) is 61.5 cm³/mol. The molecule has 1 amide bonds. The molecule has 2 N–H and O–H groups in total. The zero-order valence-corrected chi connectivity index (χ0v) is 10.0. The maximum atomic E-state index is 11.6. The average molecular weight is 239 g/mol. The second-order valence-corrected chi connectivity index (χ2v) is 4.01. The zero-order chi connectivity index (χ0) is 12.7. The van der Waals surface area contributed by atoms with Crippen LogP contribution in [0.5, 0.6) is 0 Å². The van der Waals surface area contributed by atoms with E-state index < -0.39 is 5.60 Å². The van der Waals surface area contributed by atoms with Gasteiger partial charge in [0.25, 0.3) is 5.91 Å². The first-order valence-corrected chi connectivity index (χ1v) is 5.31. The fourth-order valence-electron chi connectivity index (χ4n) is 1.19. The van der Waals surface area contributed by atoms with Crippen molar-refractivity contribution in [3.8, 4) is 0 Å². The van der Waals surface area contributed by atoms with Crippen molar-refractivity contribution < 1.29 is 14.6 Å². The van der Waals surface area contributed by atoms with Crippen LogP contribution in [0.15, 0.2) is 18.6 Å². The van der Waals surface area contributed by atoms with E-state index in [9.17, 15) is 9.90 Å². The lowest BCUT2D eigenvalue weighted by Crippen LogP contribution is -2.41. The van der Waals surface area contributed by atoms with Crippen molar-refractivity contribution in [1.82, 2.24) is 15.3 Å². The Kier molecular flexibility index (Phi) is 4.99. The van der Waals surface area contributed by atoms with Crippen molar-refractivity contribution in [3.63, 3.8) is 0 Å². The largest absolute Gasteiger partial charge is 0.388 e. The van der Waals surface area contributed by atoms with Gasteiger partial charge in [-0.05, 0) is 6.92 Å². The fourth-order valence-corrected chi connectivity index (χ4v) is 1.19. The first-order chi connectivity index (χ1) is 8.05. The molecule has 0 aliphatic carbocycles. The van der Waals surface area contributed by atoms with Crippen molar-refractivity contribution >= 4 is 5.91 Å². The van der Waals surface area contributed by atoms with Crippen LogP contribution >= 0.6 is 0 Å². The van der Waals surface area contributed by atoms with Crippen LogP contribution in [0.3, 0.4) is 0 Å². The lowest BCUT2D eigenvalue weighted by Gasteiger charge is -2.22. The van der Waals surface area contributed by atoms with Crippen molar-refractivity contribution in [2.45, 2.75) is 18.9 Å². The van der Waals surface area contributed by atoms with Gasteiger partial charge in [0.15, 0.2) is 0 Å². The molecule has 17 heavy (non-hydrogen) atoms. The van der Waals surface area contributed by atoms with Crippen LogP contribution in [0.4, 0.5) is 0 Å². The van der Waals surface area contributed by atoms with Gasteiger partial charge < -0.3 is 15.2 Å². The number of carbonyl (C=O) groups excluding carboxylic acids is 1. The Morgan fingerprint density at radius 1 is 1.59 bits per heavy atom. The van der Waals surface area contributed by atoms with Crippen molar-refractivity contribution in [1.29, 1.82) is 0 Å². The average Bonchev–Trinajstić information content (AvgIpc) is 2.35. The molecule has 1 unspecified atom stereocenters. The minimum absolute atomic E-state index is 0.145. The van der Waals surface area contributed by atoms with Gasteiger partial charge in [-0.15, -0.1) is 0 Å². The highest BCUT2D eigenvalue weighted by molar-refractivity contribution is 5.91. The Labute approximate surface area is 100 Å².